The van der Waals surface area contributed by atoms with Crippen LogP contribution in [-0.2, 0) is 4.74 Å². The maximum absolute atomic E-state index is 5.80. The molecule has 0 aliphatic heterocycles. The van der Waals surface area contributed by atoms with Crippen molar-refractivity contribution in [3.63, 3.8) is 0 Å². The number of anilines is 1. The lowest BCUT2D eigenvalue weighted by molar-refractivity contribution is 0.146. The third-order valence-electron chi connectivity index (χ3n) is 3.26. The Morgan fingerprint density at radius 1 is 1.14 bits per heavy atom. The van der Waals surface area contributed by atoms with Gasteiger partial charge in [0.2, 0.25) is 0 Å². The summed E-state index contributed by atoms with van der Waals surface area (Å²) < 4.78 is 10.8. The average molecular weight is 286 g/mol. The zero-order valence-electron chi connectivity index (χ0n) is 12.8. The highest BCUT2D eigenvalue weighted by Gasteiger charge is 2.09. The summed E-state index contributed by atoms with van der Waals surface area (Å²) in [7, 11) is 1.67. The molecule has 1 atom stereocenters. The van der Waals surface area contributed by atoms with E-state index in [9.17, 15) is 0 Å². The quantitative estimate of drug-likeness (QED) is 0.790. The van der Waals surface area contributed by atoms with E-state index < -0.39 is 0 Å². The zero-order chi connectivity index (χ0) is 15.1. The molecule has 1 aromatic heterocycles. The molecule has 0 aliphatic carbocycles. The summed E-state index contributed by atoms with van der Waals surface area (Å²) in [6, 6.07) is 10.4. The van der Waals surface area contributed by atoms with Crippen molar-refractivity contribution in [1.29, 1.82) is 0 Å². The fraction of sp³-hybridized carbons (Fsp3) is 0.353. The van der Waals surface area contributed by atoms with Crippen molar-refractivity contribution in [2.45, 2.75) is 19.9 Å². The second kappa shape index (κ2) is 7.64. The second-order valence-corrected chi connectivity index (χ2v) is 4.99. The van der Waals surface area contributed by atoms with Gasteiger partial charge in [0.05, 0.1) is 12.3 Å². The Morgan fingerprint density at radius 2 is 1.90 bits per heavy atom. The SMILES string of the molecule is COCCOc1cc(C)ccc1NC(C)c1ccncc1. The molecule has 0 saturated carbocycles. The molecule has 0 aliphatic rings. The number of benzene rings is 1. The average Bonchev–Trinajstić information content (AvgIpc) is 2.51. The number of aryl methyl sites for hydroxylation is 1. The Morgan fingerprint density at radius 3 is 2.62 bits per heavy atom. The van der Waals surface area contributed by atoms with Crippen LogP contribution in [0, 0.1) is 6.92 Å². The van der Waals surface area contributed by atoms with E-state index in [1.807, 2.05) is 18.2 Å². The van der Waals surface area contributed by atoms with Crippen molar-refractivity contribution in [2.24, 2.45) is 0 Å². The second-order valence-electron chi connectivity index (χ2n) is 4.99. The summed E-state index contributed by atoms with van der Waals surface area (Å²) in [4.78, 5) is 4.05. The summed E-state index contributed by atoms with van der Waals surface area (Å²) in [5.41, 5.74) is 3.35. The largest absolute Gasteiger partial charge is 0.489 e. The van der Waals surface area contributed by atoms with E-state index in [1.165, 1.54) is 11.1 Å². The summed E-state index contributed by atoms with van der Waals surface area (Å²) in [5, 5.41) is 3.49. The summed E-state index contributed by atoms with van der Waals surface area (Å²) in [6.45, 7) is 5.29. The number of hydrogen-bond acceptors (Lipinski definition) is 4. The van der Waals surface area contributed by atoms with E-state index in [2.05, 4.69) is 36.3 Å². The van der Waals surface area contributed by atoms with Crippen LogP contribution >= 0.6 is 0 Å². The van der Waals surface area contributed by atoms with Crippen molar-refractivity contribution in [1.82, 2.24) is 4.98 Å². The predicted molar refractivity (Wildman–Crippen MR) is 84.8 cm³/mol. The van der Waals surface area contributed by atoms with Gasteiger partial charge in [-0.2, -0.15) is 0 Å². The number of nitrogens with one attached hydrogen (secondary N) is 1. The number of ether oxygens (including phenoxy) is 2. The van der Waals surface area contributed by atoms with Crippen LogP contribution in [0.2, 0.25) is 0 Å². The zero-order valence-corrected chi connectivity index (χ0v) is 12.8. The molecular formula is C17H22N2O2. The van der Waals surface area contributed by atoms with Gasteiger partial charge in [-0.3, -0.25) is 4.98 Å². The Kier molecular flexibility index (Phi) is 5.58. The first-order chi connectivity index (χ1) is 10.2. The molecule has 1 heterocycles. The van der Waals surface area contributed by atoms with Crippen LogP contribution < -0.4 is 10.1 Å². The van der Waals surface area contributed by atoms with Gasteiger partial charge in [0.1, 0.15) is 12.4 Å². The lowest BCUT2D eigenvalue weighted by atomic mass is 10.1. The first-order valence-electron chi connectivity index (χ1n) is 7.09. The van der Waals surface area contributed by atoms with Crippen LogP contribution in [0.3, 0.4) is 0 Å². The molecule has 1 N–H and O–H groups in total. The Labute approximate surface area is 126 Å². The lowest BCUT2D eigenvalue weighted by Crippen LogP contribution is -2.10. The summed E-state index contributed by atoms with van der Waals surface area (Å²) in [6.07, 6.45) is 3.61. The van der Waals surface area contributed by atoms with Crippen LogP contribution in [0.25, 0.3) is 0 Å². The molecule has 0 fully saturated rings. The lowest BCUT2D eigenvalue weighted by Gasteiger charge is -2.19. The van der Waals surface area contributed by atoms with Crippen molar-refractivity contribution in [3.8, 4) is 5.75 Å². The van der Waals surface area contributed by atoms with E-state index in [0.29, 0.717) is 13.2 Å². The fourth-order valence-corrected chi connectivity index (χ4v) is 2.07. The molecular weight excluding hydrogens is 264 g/mol. The van der Waals surface area contributed by atoms with Gasteiger partial charge in [-0.25, -0.2) is 0 Å². The molecule has 0 radical (unpaired) electrons. The highest BCUT2D eigenvalue weighted by atomic mass is 16.5. The third-order valence-corrected chi connectivity index (χ3v) is 3.26. The van der Waals surface area contributed by atoms with Gasteiger partial charge in [0, 0.05) is 25.5 Å². The van der Waals surface area contributed by atoms with Crippen LogP contribution in [0.1, 0.15) is 24.1 Å². The maximum atomic E-state index is 5.80. The van der Waals surface area contributed by atoms with E-state index in [1.54, 1.807) is 19.5 Å². The highest BCUT2D eigenvalue weighted by molar-refractivity contribution is 5.58. The number of rotatable bonds is 7. The van der Waals surface area contributed by atoms with Gasteiger partial charge in [-0.1, -0.05) is 6.07 Å². The third kappa shape index (κ3) is 4.46. The summed E-state index contributed by atoms with van der Waals surface area (Å²) >= 11 is 0. The van der Waals surface area contributed by atoms with Crippen LogP contribution in [-0.4, -0.2) is 25.3 Å². The van der Waals surface area contributed by atoms with Gasteiger partial charge in [-0.05, 0) is 49.2 Å². The molecule has 0 saturated heterocycles. The fourth-order valence-electron chi connectivity index (χ4n) is 2.07. The number of pyridine rings is 1. The van der Waals surface area contributed by atoms with Crippen molar-refractivity contribution >= 4 is 5.69 Å². The first-order valence-corrected chi connectivity index (χ1v) is 7.09. The van der Waals surface area contributed by atoms with Crippen LogP contribution in [0.5, 0.6) is 5.75 Å². The van der Waals surface area contributed by atoms with Gasteiger partial charge >= 0.3 is 0 Å². The van der Waals surface area contributed by atoms with E-state index in [0.717, 1.165) is 11.4 Å². The molecule has 0 bridgehead atoms. The minimum absolute atomic E-state index is 0.181. The van der Waals surface area contributed by atoms with Crippen LogP contribution in [0.15, 0.2) is 42.7 Å². The Hall–Kier alpha value is -2.07. The molecule has 4 heteroatoms. The molecule has 1 aromatic carbocycles. The van der Waals surface area contributed by atoms with Crippen molar-refractivity contribution in [3.05, 3.63) is 53.9 Å². The van der Waals surface area contributed by atoms with Crippen molar-refractivity contribution < 1.29 is 9.47 Å². The maximum Gasteiger partial charge on any atom is 0.142 e. The molecule has 4 nitrogen and oxygen atoms in total. The van der Waals surface area contributed by atoms with Gasteiger partial charge in [-0.15, -0.1) is 0 Å². The Bertz CT molecular complexity index is 558. The molecule has 2 rings (SSSR count). The smallest absolute Gasteiger partial charge is 0.142 e. The van der Waals surface area contributed by atoms with E-state index >= 15 is 0 Å². The topological polar surface area (TPSA) is 43.4 Å². The molecule has 1 unspecified atom stereocenters. The number of aromatic nitrogens is 1. The van der Waals surface area contributed by atoms with Gasteiger partial charge in [0.15, 0.2) is 0 Å². The minimum Gasteiger partial charge on any atom is -0.489 e. The van der Waals surface area contributed by atoms with Crippen molar-refractivity contribution in [2.75, 3.05) is 25.6 Å². The minimum atomic E-state index is 0.181. The monoisotopic (exact) mass is 286 g/mol. The molecule has 21 heavy (non-hydrogen) atoms. The molecule has 0 spiro atoms. The predicted octanol–water partition coefficient (Wildman–Crippen LogP) is 3.59. The van der Waals surface area contributed by atoms with E-state index in [-0.39, 0.29) is 6.04 Å². The number of hydrogen-bond donors (Lipinski definition) is 1. The van der Waals surface area contributed by atoms with Crippen LogP contribution in [0.4, 0.5) is 5.69 Å². The molecule has 0 amide bonds. The standard InChI is InChI=1S/C17H22N2O2/c1-13-4-5-16(17(12-13)21-11-10-20-3)19-14(2)15-6-8-18-9-7-15/h4-9,12,14,19H,10-11H2,1-3H3. The van der Waals surface area contributed by atoms with Gasteiger partial charge < -0.3 is 14.8 Å². The number of nitrogens with zero attached hydrogens (tertiary/aromatic N) is 1. The summed E-state index contributed by atoms with van der Waals surface area (Å²) in [5.74, 6) is 0.855. The van der Waals surface area contributed by atoms with E-state index in [4.69, 9.17) is 9.47 Å². The molecule has 112 valence electrons. The Balaban J connectivity index is 2.11. The first kappa shape index (κ1) is 15.3. The normalized spacial score (nSPS) is 12.0. The highest BCUT2D eigenvalue weighted by Crippen LogP contribution is 2.29. The van der Waals surface area contributed by atoms with Gasteiger partial charge in [0.25, 0.3) is 0 Å². The number of methoxy groups -OCH3 is 1. The molecule has 2 aromatic rings.